The summed E-state index contributed by atoms with van der Waals surface area (Å²) < 4.78 is 0. The lowest BCUT2D eigenvalue weighted by molar-refractivity contribution is 0.221. The first kappa shape index (κ1) is 12.6. The highest BCUT2D eigenvalue weighted by Crippen LogP contribution is 2.31. The topological polar surface area (TPSA) is 29.3 Å². The van der Waals surface area contributed by atoms with Gasteiger partial charge in [-0.15, -0.1) is 0 Å². The van der Waals surface area contributed by atoms with E-state index in [0.29, 0.717) is 12.0 Å². The van der Waals surface area contributed by atoms with Gasteiger partial charge < -0.3 is 5.73 Å². The van der Waals surface area contributed by atoms with Gasteiger partial charge in [-0.1, -0.05) is 43.7 Å². The van der Waals surface area contributed by atoms with E-state index in [4.69, 9.17) is 5.73 Å². The summed E-state index contributed by atoms with van der Waals surface area (Å²) in [6.07, 6.45) is 1.12. The quantitative estimate of drug-likeness (QED) is 0.868. The molecule has 1 fully saturated rings. The lowest BCUT2D eigenvalue weighted by Crippen LogP contribution is -2.33. The highest BCUT2D eigenvalue weighted by atomic mass is 15.2. The first-order valence-electron chi connectivity index (χ1n) is 6.64. The molecule has 2 unspecified atom stereocenters. The molecule has 1 aromatic carbocycles. The molecule has 94 valence electrons. The summed E-state index contributed by atoms with van der Waals surface area (Å²) in [5, 5.41) is 0. The molecule has 0 spiro atoms. The molecule has 1 aliphatic rings. The summed E-state index contributed by atoms with van der Waals surface area (Å²) in [5.74, 6) is 0.701. The van der Waals surface area contributed by atoms with Gasteiger partial charge in [-0.05, 0) is 24.8 Å². The SMILES string of the molecule is Cc1cccc(C2C(N)CCN2CC(C)C)c1. The molecule has 0 bridgehead atoms. The molecule has 1 aliphatic heterocycles. The van der Waals surface area contributed by atoms with Crippen LogP contribution < -0.4 is 5.73 Å². The molecule has 2 heteroatoms. The van der Waals surface area contributed by atoms with Crippen LogP contribution in [0.1, 0.15) is 37.4 Å². The van der Waals surface area contributed by atoms with E-state index in [1.807, 2.05) is 0 Å². The molecule has 1 saturated heterocycles. The van der Waals surface area contributed by atoms with Gasteiger partial charge in [0.15, 0.2) is 0 Å². The highest BCUT2D eigenvalue weighted by Gasteiger charge is 2.32. The molecule has 2 atom stereocenters. The minimum atomic E-state index is 0.288. The predicted molar refractivity (Wildman–Crippen MR) is 72.9 cm³/mol. The largest absolute Gasteiger partial charge is 0.326 e. The fraction of sp³-hybridized carbons (Fsp3) is 0.600. The molecule has 2 rings (SSSR count). The fourth-order valence-electron chi connectivity index (χ4n) is 2.87. The molecule has 0 aromatic heterocycles. The van der Waals surface area contributed by atoms with E-state index in [1.165, 1.54) is 11.1 Å². The summed E-state index contributed by atoms with van der Waals surface area (Å²) in [6.45, 7) is 8.98. The molecule has 0 radical (unpaired) electrons. The van der Waals surface area contributed by atoms with Crippen LogP contribution in [0.5, 0.6) is 0 Å². The fourth-order valence-corrected chi connectivity index (χ4v) is 2.87. The van der Waals surface area contributed by atoms with Crippen molar-refractivity contribution in [1.29, 1.82) is 0 Å². The van der Waals surface area contributed by atoms with Crippen molar-refractivity contribution in [2.45, 2.75) is 39.3 Å². The number of aryl methyl sites for hydroxylation is 1. The molecule has 2 nitrogen and oxygen atoms in total. The first-order chi connectivity index (χ1) is 8.08. The summed E-state index contributed by atoms with van der Waals surface area (Å²) in [4.78, 5) is 2.55. The Morgan fingerprint density at radius 1 is 1.41 bits per heavy atom. The van der Waals surface area contributed by atoms with E-state index in [1.54, 1.807) is 0 Å². The maximum absolute atomic E-state index is 6.29. The molecular weight excluding hydrogens is 208 g/mol. The van der Waals surface area contributed by atoms with Gasteiger partial charge in [0.05, 0.1) is 0 Å². The number of benzene rings is 1. The van der Waals surface area contributed by atoms with Gasteiger partial charge in [0.2, 0.25) is 0 Å². The van der Waals surface area contributed by atoms with E-state index in [0.717, 1.165) is 19.5 Å². The summed E-state index contributed by atoms with van der Waals surface area (Å²) in [6, 6.07) is 9.49. The minimum Gasteiger partial charge on any atom is -0.326 e. The normalized spacial score (nSPS) is 25.7. The zero-order valence-corrected chi connectivity index (χ0v) is 11.2. The van der Waals surface area contributed by atoms with Gasteiger partial charge in [0.1, 0.15) is 0 Å². The van der Waals surface area contributed by atoms with Crippen molar-refractivity contribution in [2.75, 3.05) is 13.1 Å². The standard InChI is InChI=1S/C15H24N2/c1-11(2)10-17-8-7-14(16)15(17)13-6-4-5-12(3)9-13/h4-6,9,11,14-15H,7-8,10,16H2,1-3H3. The molecule has 0 amide bonds. The smallest absolute Gasteiger partial charge is 0.0499 e. The predicted octanol–water partition coefficient (Wildman–Crippen LogP) is 2.73. The number of hydrogen-bond donors (Lipinski definition) is 1. The van der Waals surface area contributed by atoms with Crippen molar-refractivity contribution in [3.63, 3.8) is 0 Å². The van der Waals surface area contributed by atoms with Crippen molar-refractivity contribution < 1.29 is 0 Å². The van der Waals surface area contributed by atoms with Crippen molar-refractivity contribution >= 4 is 0 Å². The zero-order chi connectivity index (χ0) is 12.4. The van der Waals surface area contributed by atoms with Crippen molar-refractivity contribution in [2.24, 2.45) is 11.7 Å². The van der Waals surface area contributed by atoms with E-state index in [-0.39, 0.29) is 6.04 Å². The van der Waals surface area contributed by atoms with Crippen LogP contribution >= 0.6 is 0 Å². The molecule has 0 saturated carbocycles. The molecular formula is C15H24N2. The zero-order valence-electron chi connectivity index (χ0n) is 11.2. The monoisotopic (exact) mass is 232 g/mol. The number of likely N-dealkylation sites (tertiary alicyclic amines) is 1. The first-order valence-corrected chi connectivity index (χ1v) is 6.64. The lowest BCUT2D eigenvalue weighted by Gasteiger charge is -2.28. The Bertz CT molecular complexity index is 373. The van der Waals surface area contributed by atoms with E-state index in [9.17, 15) is 0 Å². The average Bonchev–Trinajstić information content (AvgIpc) is 2.59. The van der Waals surface area contributed by atoms with Crippen molar-refractivity contribution in [3.8, 4) is 0 Å². The van der Waals surface area contributed by atoms with Crippen molar-refractivity contribution in [3.05, 3.63) is 35.4 Å². The third-order valence-electron chi connectivity index (χ3n) is 3.53. The third kappa shape index (κ3) is 2.88. The average molecular weight is 232 g/mol. The van der Waals surface area contributed by atoms with Crippen LogP contribution in [0.25, 0.3) is 0 Å². The van der Waals surface area contributed by atoms with Crippen LogP contribution in [0.15, 0.2) is 24.3 Å². The molecule has 2 N–H and O–H groups in total. The van der Waals surface area contributed by atoms with Crippen molar-refractivity contribution in [1.82, 2.24) is 4.90 Å². The van der Waals surface area contributed by atoms with Gasteiger partial charge in [-0.2, -0.15) is 0 Å². The minimum absolute atomic E-state index is 0.288. The van der Waals surface area contributed by atoms with Gasteiger partial charge in [0, 0.05) is 25.2 Å². The Morgan fingerprint density at radius 2 is 2.18 bits per heavy atom. The number of nitrogens with two attached hydrogens (primary N) is 1. The highest BCUT2D eigenvalue weighted by molar-refractivity contribution is 5.27. The number of nitrogens with zero attached hydrogens (tertiary/aromatic N) is 1. The molecule has 1 aromatic rings. The van der Waals surface area contributed by atoms with Crippen LogP contribution in [0.4, 0.5) is 0 Å². The lowest BCUT2D eigenvalue weighted by atomic mass is 9.98. The second kappa shape index (κ2) is 5.19. The second-order valence-corrected chi connectivity index (χ2v) is 5.70. The van der Waals surface area contributed by atoms with Crippen LogP contribution in [-0.4, -0.2) is 24.0 Å². The van der Waals surface area contributed by atoms with Gasteiger partial charge in [-0.25, -0.2) is 0 Å². The number of rotatable bonds is 3. The molecule has 1 heterocycles. The van der Waals surface area contributed by atoms with E-state index in [2.05, 4.69) is 49.9 Å². The Labute approximate surface area is 105 Å². The Balaban J connectivity index is 2.21. The summed E-state index contributed by atoms with van der Waals surface area (Å²) in [7, 11) is 0. The van der Waals surface area contributed by atoms with Crippen LogP contribution in [-0.2, 0) is 0 Å². The van der Waals surface area contributed by atoms with E-state index < -0.39 is 0 Å². The Morgan fingerprint density at radius 3 is 2.82 bits per heavy atom. The van der Waals surface area contributed by atoms with Gasteiger partial charge in [-0.3, -0.25) is 4.90 Å². The number of hydrogen-bond acceptors (Lipinski definition) is 2. The summed E-state index contributed by atoms with van der Waals surface area (Å²) in [5.41, 5.74) is 9.00. The molecule has 0 aliphatic carbocycles. The third-order valence-corrected chi connectivity index (χ3v) is 3.53. The van der Waals surface area contributed by atoms with E-state index >= 15 is 0 Å². The Kier molecular flexibility index (Phi) is 3.85. The maximum atomic E-state index is 6.29. The van der Waals surface area contributed by atoms with Crippen LogP contribution in [0.3, 0.4) is 0 Å². The second-order valence-electron chi connectivity index (χ2n) is 5.70. The maximum Gasteiger partial charge on any atom is 0.0499 e. The van der Waals surface area contributed by atoms with Crippen LogP contribution in [0.2, 0.25) is 0 Å². The van der Waals surface area contributed by atoms with Gasteiger partial charge in [0.25, 0.3) is 0 Å². The van der Waals surface area contributed by atoms with Gasteiger partial charge >= 0.3 is 0 Å². The molecule has 17 heavy (non-hydrogen) atoms. The summed E-state index contributed by atoms with van der Waals surface area (Å²) >= 11 is 0. The Hall–Kier alpha value is -0.860. The van der Waals surface area contributed by atoms with Crippen LogP contribution in [0, 0.1) is 12.8 Å².